The Morgan fingerprint density at radius 2 is 1.49 bits per heavy atom. The number of hydrogen-bond donors (Lipinski definition) is 5. The molecule has 51 heavy (non-hydrogen) atoms. The van der Waals surface area contributed by atoms with Gasteiger partial charge in [-0.2, -0.15) is 0 Å². The average Bonchev–Trinajstić information content (AvgIpc) is 3.05. The third kappa shape index (κ3) is 9.51. The van der Waals surface area contributed by atoms with Gasteiger partial charge in [-0.15, -0.1) is 0 Å². The highest BCUT2D eigenvalue weighted by molar-refractivity contribution is 5.83. The molecule has 0 radical (unpaired) electrons. The van der Waals surface area contributed by atoms with Crippen molar-refractivity contribution < 1.29 is 63.5 Å². The van der Waals surface area contributed by atoms with Gasteiger partial charge in [0.2, 0.25) is 0 Å². The fourth-order valence-electron chi connectivity index (χ4n) is 8.41. The number of methoxy groups -OCH3 is 1. The Hall–Kier alpha value is -1.30. The zero-order valence-corrected chi connectivity index (χ0v) is 32.9. The van der Waals surface area contributed by atoms with Gasteiger partial charge in [0.1, 0.15) is 29.7 Å². The van der Waals surface area contributed by atoms with E-state index in [1.54, 1.807) is 41.5 Å². The molecule has 14 heteroatoms. The second kappa shape index (κ2) is 17.0. The first-order valence-corrected chi connectivity index (χ1v) is 18.5. The zero-order valence-electron chi connectivity index (χ0n) is 32.9. The van der Waals surface area contributed by atoms with Crippen LogP contribution in [0.15, 0.2) is 0 Å². The minimum Gasteiger partial charge on any atom is -0.459 e. The smallest absolute Gasteiger partial charge is 0.311 e. The second-order valence-corrected chi connectivity index (χ2v) is 16.5. The van der Waals surface area contributed by atoms with Crippen LogP contribution in [-0.2, 0) is 38.0 Å². The largest absolute Gasteiger partial charge is 0.459 e. The van der Waals surface area contributed by atoms with E-state index < -0.39 is 108 Å². The van der Waals surface area contributed by atoms with Crippen LogP contribution in [0.5, 0.6) is 0 Å². The van der Waals surface area contributed by atoms with Gasteiger partial charge in [-0.3, -0.25) is 9.59 Å². The molecule has 0 amide bonds. The summed E-state index contributed by atoms with van der Waals surface area (Å²) in [5.74, 6) is -4.98. The topological polar surface area (TPSA) is 194 Å². The molecule has 0 aromatic rings. The fraction of sp³-hybridized carbons (Fsp3) is 0.946. The summed E-state index contributed by atoms with van der Waals surface area (Å²) in [5.41, 5.74) is -4.84. The summed E-state index contributed by atoms with van der Waals surface area (Å²) in [6.45, 7) is 16.3. The lowest BCUT2D eigenvalue weighted by molar-refractivity contribution is -0.318. The molecule has 0 aromatic carbocycles. The number of Topliss-reactive ketones (excluding diaryl/α,β-unsaturated/α-hetero) is 1. The van der Waals surface area contributed by atoms with E-state index in [-0.39, 0.29) is 31.4 Å². The van der Waals surface area contributed by atoms with E-state index in [1.807, 2.05) is 25.9 Å². The maximum Gasteiger partial charge on any atom is 0.311 e. The van der Waals surface area contributed by atoms with Gasteiger partial charge in [0.15, 0.2) is 12.6 Å². The van der Waals surface area contributed by atoms with E-state index in [2.05, 4.69) is 0 Å². The van der Waals surface area contributed by atoms with Crippen LogP contribution < -0.4 is 0 Å². The average molecular weight is 734 g/mol. The van der Waals surface area contributed by atoms with E-state index in [0.29, 0.717) is 6.42 Å². The molecule has 3 saturated heterocycles. The number of likely N-dealkylation sites (N-methyl/N-ethyl adjacent to an activating group) is 1. The molecular formula is C37H67NO13. The van der Waals surface area contributed by atoms with E-state index in [0.717, 1.165) is 0 Å². The molecule has 3 rings (SSSR count). The quantitative estimate of drug-likeness (QED) is 0.238. The summed E-state index contributed by atoms with van der Waals surface area (Å²) < 4.78 is 37.1. The van der Waals surface area contributed by atoms with Gasteiger partial charge < -0.3 is 58.9 Å². The van der Waals surface area contributed by atoms with Crippen LogP contribution in [-0.4, -0.2) is 148 Å². The van der Waals surface area contributed by atoms with Crippen LogP contribution in [0.2, 0.25) is 0 Å². The molecule has 3 unspecified atom stereocenters. The number of cyclic esters (lactones) is 1. The first-order valence-electron chi connectivity index (χ1n) is 18.5. The number of nitrogens with zero attached hydrogens (tertiary/aromatic N) is 1. The maximum atomic E-state index is 14.1. The van der Waals surface area contributed by atoms with Crippen molar-refractivity contribution in [3.63, 3.8) is 0 Å². The molecule has 3 heterocycles. The molecular weight excluding hydrogens is 666 g/mol. The molecule has 14 nitrogen and oxygen atoms in total. The van der Waals surface area contributed by atoms with Gasteiger partial charge in [0.25, 0.3) is 0 Å². The highest BCUT2D eigenvalue weighted by Crippen LogP contribution is 2.40. The highest BCUT2D eigenvalue weighted by Gasteiger charge is 2.53. The Morgan fingerprint density at radius 3 is 2.04 bits per heavy atom. The van der Waals surface area contributed by atoms with E-state index >= 15 is 0 Å². The third-order valence-corrected chi connectivity index (χ3v) is 11.8. The minimum atomic E-state index is -1.99. The zero-order chi connectivity index (χ0) is 39.0. The summed E-state index contributed by atoms with van der Waals surface area (Å²) in [4.78, 5) is 29.8. The normalized spacial score (nSPS) is 49.7. The Labute approximate surface area is 304 Å². The number of aliphatic hydroxyl groups is 5. The van der Waals surface area contributed by atoms with Crippen LogP contribution in [0.3, 0.4) is 0 Å². The van der Waals surface area contributed by atoms with Crippen LogP contribution in [0, 0.1) is 23.7 Å². The van der Waals surface area contributed by atoms with Gasteiger partial charge in [-0.25, -0.2) is 0 Å². The maximum absolute atomic E-state index is 14.1. The molecule has 0 aromatic heterocycles. The summed E-state index contributed by atoms with van der Waals surface area (Å²) >= 11 is 0. The summed E-state index contributed by atoms with van der Waals surface area (Å²) in [6.07, 6.45) is -9.71. The SMILES string of the molecule is CCC1OC(=O)[C@@H](C)C(O[C@H]2C[C@@](C)(OC)[C@@H](O)[C@H](C)O2)[C@@H](C)[C@H](O[C@@H]2O[C@H](C)C[C@H](N(C)C)[C@H]2O)[C@@](C)(O)C[C@H](C)C(=O)C(C)[C@@H](O)[C@@]1(C)O. The van der Waals surface area contributed by atoms with Crippen LogP contribution in [0.1, 0.15) is 94.9 Å². The molecule has 0 bridgehead atoms. The predicted octanol–water partition coefficient (Wildman–Crippen LogP) is 1.79. The van der Waals surface area contributed by atoms with Gasteiger partial charge >= 0.3 is 5.97 Å². The molecule has 0 aliphatic carbocycles. The Kier molecular flexibility index (Phi) is 14.7. The van der Waals surface area contributed by atoms with Crippen LogP contribution in [0.25, 0.3) is 0 Å². The summed E-state index contributed by atoms with van der Waals surface area (Å²) in [6, 6.07) is -0.324. The van der Waals surface area contributed by atoms with Gasteiger partial charge in [0, 0.05) is 37.3 Å². The molecule has 0 spiro atoms. The van der Waals surface area contributed by atoms with E-state index in [1.165, 1.54) is 27.9 Å². The molecule has 18 atom stereocenters. The van der Waals surface area contributed by atoms with Crippen molar-refractivity contribution in [2.75, 3.05) is 21.2 Å². The monoisotopic (exact) mass is 733 g/mol. The van der Waals surface area contributed by atoms with Crippen LogP contribution in [0.4, 0.5) is 0 Å². The van der Waals surface area contributed by atoms with Crippen molar-refractivity contribution >= 4 is 11.8 Å². The molecule has 3 aliphatic heterocycles. The van der Waals surface area contributed by atoms with Crippen molar-refractivity contribution in [1.29, 1.82) is 0 Å². The molecule has 3 aliphatic rings. The number of carbonyl (C=O) groups excluding carboxylic acids is 2. The van der Waals surface area contributed by atoms with Gasteiger partial charge in [-0.1, -0.05) is 27.7 Å². The summed E-state index contributed by atoms with van der Waals surface area (Å²) in [7, 11) is 5.18. The minimum absolute atomic E-state index is 0.0936. The van der Waals surface area contributed by atoms with Gasteiger partial charge in [0.05, 0.1) is 47.6 Å². The Bertz CT molecular complexity index is 1170. The van der Waals surface area contributed by atoms with Crippen molar-refractivity contribution in [3.8, 4) is 0 Å². The standard InChI is InChI=1S/C37H67NO13/c1-14-25-37(10,45)30(41)20(4)27(39)18(2)16-35(8,44)32(51-34-28(40)24(38(11)12)15-19(3)47-34)21(5)29(22(6)33(43)49-25)50-26-17-36(9,46-13)31(42)23(7)48-26/h18-26,28-32,34,40-42,44-45H,14-17H2,1-13H3/t18-,19+,20?,21+,22-,23-,24-,25?,26-,28+,29?,30+,31-,32-,34-,35-,36+,37-/m0/s1. The Morgan fingerprint density at radius 1 is 0.882 bits per heavy atom. The Balaban J connectivity index is 2.18. The predicted molar refractivity (Wildman–Crippen MR) is 186 cm³/mol. The van der Waals surface area contributed by atoms with E-state index in [4.69, 9.17) is 28.4 Å². The molecule has 5 N–H and O–H groups in total. The molecule has 298 valence electrons. The highest BCUT2D eigenvalue weighted by atomic mass is 16.7. The number of rotatable bonds is 7. The van der Waals surface area contributed by atoms with E-state index in [9.17, 15) is 35.1 Å². The fourth-order valence-corrected chi connectivity index (χ4v) is 8.41. The number of ketones is 1. The lowest BCUT2D eigenvalue weighted by Gasteiger charge is -2.49. The van der Waals surface area contributed by atoms with Crippen molar-refractivity contribution in [2.24, 2.45) is 23.7 Å². The van der Waals surface area contributed by atoms with Crippen molar-refractivity contribution in [1.82, 2.24) is 4.90 Å². The number of esters is 1. The second-order valence-electron chi connectivity index (χ2n) is 16.5. The van der Waals surface area contributed by atoms with Crippen molar-refractivity contribution in [3.05, 3.63) is 0 Å². The summed E-state index contributed by atoms with van der Waals surface area (Å²) in [5, 5.41) is 57.6. The number of carbonyl (C=O) groups is 2. The van der Waals surface area contributed by atoms with Gasteiger partial charge in [-0.05, 0) is 74.9 Å². The molecule has 3 fully saturated rings. The first kappa shape index (κ1) is 44.1. The number of hydrogen-bond acceptors (Lipinski definition) is 14. The third-order valence-electron chi connectivity index (χ3n) is 11.8. The molecule has 0 saturated carbocycles. The first-order chi connectivity index (χ1) is 23.4. The van der Waals surface area contributed by atoms with Crippen molar-refractivity contribution in [2.45, 2.75) is 179 Å². The number of ether oxygens (including phenoxy) is 6. The lowest BCUT2D eigenvalue weighted by Crippen LogP contribution is -2.61. The van der Waals surface area contributed by atoms with Crippen LogP contribution >= 0.6 is 0 Å². The number of aliphatic hydroxyl groups excluding tert-OH is 3. The lowest BCUT2D eigenvalue weighted by atomic mass is 9.74.